The van der Waals surface area contributed by atoms with E-state index in [1.54, 1.807) is 27.7 Å². The number of carboxylic acids is 2. The minimum atomic E-state index is -1.97. The van der Waals surface area contributed by atoms with Crippen molar-refractivity contribution >= 4 is 82.9 Å². The lowest BCUT2D eigenvalue weighted by molar-refractivity contribution is -0.144. The van der Waals surface area contributed by atoms with Gasteiger partial charge in [0.2, 0.25) is 65.0 Å². The van der Waals surface area contributed by atoms with Gasteiger partial charge in [0.25, 0.3) is 0 Å². The van der Waals surface area contributed by atoms with Gasteiger partial charge in [0, 0.05) is 45.1 Å². The normalized spacial score (nSPS) is 21.6. The zero-order valence-corrected chi connectivity index (χ0v) is 61.8. The number of aromatic hydroxyl groups is 1. The van der Waals surface area contributed by atoms with E-state index < -0.39 is 193 Å². The Kier molecular flexibility index (Phi) is 38.5. The molecule has 0 spiro atoms. The van der Waals surface area contributed by atoms with Crippen LogP contribution in [0.5, 0.6) is 11.5 Å². The summed E-state index contributed by atoms with van der Waals surface area (Å²) >= 11 is 0. The standard InChI is InChI=1S/C74H114N12O19/c1-8-45(6)63-74(104)105-50-31-27-48(28-32-50)42-56(81-65(95)51(22-19-39-75)78-66(96)52(34-37-60(91)92)77-59(90)24-18-16-14-12-10-9-11-13-15-17-21-43(2)3)70(100)85-64(46(7)87)72(102)80-54(35-38-61(93)94)68(98)83-62(44(4)5)73(103)86-40-20-23-57(86)71(101)79-53(33-36-58(76)89)67(97)82-55(69(99)84-63)41-47-25-29-49(88)30-26-47/h25-32,43-46,51-57,62-64,87-88H,8-24,33-42,75H2,1-7H3,(H2,76,89)(H,77,90)(H,78,96)(H,79,101)(H,80,102)(H,81,95)(H,82,97)(H,83,98)(H,84,99)(H,85,100)(H,91,92)(H,93,94)/t45-,46+,51-,52-,53-,54-,55-,56-,57-,62+,63-,64-/m0/s1. The van der Waals surface area contributed by atoms with Crippen molar-refractivity contribution in [3.8, 4) is 11.5 Å². The number of carboxylic acid groups (broad SMARTS) is 2. The number of nitrogens with zero attached hydrogens (tertiary/aromatic N) is 1. The Morgan fingerprint density at radius 2 is 1.12 bits per heavy atom. The van der Waals surface area contributed by atoms with E-state index in [9.17, 15) is 87.5 Å². The Morgan fingerprint density at radius 1 is 0.581 bits per heavy atom. The molecular formula is C74H114N12O19. The van der Waals surface area contributed by atoms with Crippen molar-refractivity contribution in [2.75, 3.05) is 13.1 Å². The zero-order valence-electron chi connectivity index (χ0n) is 61.8. The van der Waals surface area contributed by atoms with Crippen LogP contribution in [0.2, 0.25) is 0 Å². The molecule has 0 aliphatic carbocycles. The monoisotopic (exact) mass is 1470 g/mol. The van der Waals surface area contributed by atoms with E-state index >= 15 is 0 Å². The van der Waals surface area contributed by atoms with Crippen LogP contribution < -0.4 is 64.1 Å². The number of nitrogens with one attached hydrogen (secondary N) is 9. The van der Waals surface area contributed by atoms with E-state index in [2.05, 4.69) is 61.7 Å². The molecule has 3 heterocycles. The molecule has 1 saturated heterocycles. The quantitative estimate of drug-likeness (QED) is 0.0202. The number of carbonyl (C=O) groups excluding carboxylic acids is 12. The zero-order chi connectivity index (χ0) is 77.9. The number of ether oxygens (including phenoxy) is 1. The van der Waals surface area contributed by atoms with Gasteiger partial charge in [0.05, 0.1) is 6.10 Å². The van der Waals surface area contributed by atoms with Crippen LogP contribution >= 0.6 is 0 Å². The van der Waals surface area contributed by atoms with Gasteiger partial charge in [-0.15, -0.1) is 0 Å². The molecule has 2 aromatic carbocycles. The van der Waals surface area contributed by atoms with Gasteiger partial charge in [0.15, 0.2) is 0 Å². The lowest BCUT2D eigenvalue weighted by Gasteiger charge is -2.32. The van der Waals surface area contributed by atoms with Crippen LogP contribution in [-0.4, -0.2) is 188 Å². The molecule has 5 rings (SSSR count). The lowest BCUT2D eigenvalue weighted by Crippen LogP contribution is -2.62. The average Bonchev–Trinajstić information content (AvgIpc) is 1.72. The third-order valence-electron chi connectivity index (χ3n) is 18.8. The summed E-state index contributed by atoms with van der Waals surface area (Å²) in [7, 11) is 0. The van der Waals surface area contributed by atoms with E-state index in [-0.39, 0.29) is 81.5 Å². The predicted octanol–water partition coefficient (Wildman–Crippen LogP) is 2.60. The largest absolute Gasteiger partial charge is 0.508 e. The molecule has 17 N–H and O–H groups in total. The summed E-state index contributed by atoms with van der Waals surface area (Å²) < 4.78 is 5.84. The third-order valence-corrected chi connectivity index (χ3v) is 18.8. The topological polar surface area (TPSA) is 493 Å². The van der Waals surface area contributed by atoms with Gasteiger partial charge in [-0.2, -0.15) is 0 Å². The summed E-state index contributed by atoms with van der Waals surface area (Å²) in [4.78, 5) is 196. The number of aliphatic hydroxyl groups excluding tert-OH is 1. The first-order valence-electron chi connectivity index (χ1n) is 37.0. The molecule has 11 amide bonds. The van der Waals surface area contributed by atoms with Gasteiger partial charge in [-0.3, -0.25) is 62.3 Å². The molecule has 0 aromatic heterocycles. The van der Waals surface area contributed by atoms with Gasteiger partial charge < -0.3 is 89.4 Å². The first kappa shape index (κ1) is 88.1. The smallest absolute Gasteiger partial charge is 0.334 e. The van der Waals surface area contributed by atoms with E-state index in [1.165, 1.54) is 80.6 Å². The average molecular weight is 1480 g/mol. The Balaban J connectivity index is 1.77. The summed E-state index contributed by atoms with van der Waals surface area (Å²) in [5.74, 6) is -14.8. The number of phenols is 1. The number of primary amides is 1. The summed E-state index contributed by atoms with van der Waals surface area (Å²) in [5.41, 5.74) is 12.1. The maximum absolute atomic E-state index is 14.9. The van der Waals surface area contributed by atoms with Crippen LogP contribution in [-0.2, 0) is 80.0 Å². The number of amides is 11. The molecule has 31 heteroatoms. The SMILES string of the molecule is CC[C@H](C)[C@@H]1NC(=O)[C@H](Cc2ccc(O)cc2)NC(=O)[C@H](CCC(N)=O)NC(=O)[C@@H]2CCCN2C(=O)[C@@H](C(C)C)NC(=O)[C@H](CCC(=O)O)NC(=O)[C@H]([C@@H](C)O)NC(=O)[C@@H](NC(=O)[C@H](CCCN)NC(=O)[C@H](CCC(=O)O)NC(=O)CCCCCCCCCCCCC(C)C)Cc2ccc(cc2)OC1=O. The van der Waals surface area contributed by atoms with E-state index in [4.69, 9.17) is 16.2 Å². The third kappa shape index (κ3) is 31.5. The Hall–Kier alpha value is -9.26. The van der Waals surface area contributed by atoms with E-state index in [1.807, 2.05) is 0 Å². The molecule has 0 radical (unpaired) electrons. The van der Waals surface area contributed by atoms with Crippen molar-refractivity contribution in [3.05, 3.63) is 59.7 Å². The number of benzene rings is 2. The molecule has 1 fully saturated rings. The first-order valence-corrected chi connectivity index (χ1v) is 37.0. The predicted molar refractivity (Wildman–Crippen MR) is 386 cm³/mol. The second kappa shape index (κ2) is 45.9. The molecule has 3 aliphatic rings. The van der Waals surface area contributed by atoms with Crippen molar-refractivity contribution in [2.24, 2.45) is 29.2 Å². The van der Waals surface area contributed by atoms with Crippen molar-refractivity contribution < 1.29 is 92.3 Å². The number of rotatable bonds is 36. The number of esters is 1. The molecule has 0 saturated carbocycles. The highest BCUT2D eigenvalue weighted by Gasteiger charge is 2.42. The van der Waals surface area contributed by atoms with Gasteiger partial charge >= 0.3 is 17.9 Å². The number of hydrogen-bond acceptors (Lipinski definition) is 18. The van der Waals surface area contributed by atoms with Crippen molar-refractivity contribution in [1.82, 2.24) is 52.8 Å². The molecule has 12 atom stereocenters. The Bertz CT molecular complexity index is 3220. The summed E-state index contributed by atoms with van der Waals surface area (Å²) in [6.07, 6.45) is 6.48. The fourth-order valence-corrected chi connectivity index (χ4v) is 12.3. The van der Waals surface area contributed by atoms with Crippen molar-refractivity contribution in [2.45, 2.75) is 276 Å². The van der Waals surface area contributed by atoms with Crippen molar-refractivity contribution in [1.29, 1.82) is 0 Å². The molecular weight excluding hydrogens is 1360 g/mol. The lowest BCUT2D eigenvalue weighted by atomic mass is 9.97. The second-order valence-corrected chi connectivity index (χ2v) is 28.4. The number of carbonyl (C=O) groups is 14. The molecule has 3 aliphatic heterocycles. The molecule has 2 bridgehead atoms. The number of unbranched alkanes of at least 4 members (excludes halogenated alkanes) is 9. The minimum Gasteiger partial charge on any atom is -0.508 e. The fourth-order valence-electron chi connectivity index (χ4n) is 12.3. The summed E-state index contributed by atoms with van der Waals surface area (Å²) in [6, 6.07) is -4.51. The van der Waals surface area contributed by atoms with E-state index in [0.29, 0.717) is 24.3 Å². The maximum atomic E-state index is 14.9. The van der Waals surface area contributed by atoms with Gasteiger partial charge in [-0.1, -0.05) is 136 Å². The molecule has 0 unspecified atom stereocenters. The number of phenolic OH excluding ortho intramolecular Hbond substituents is 1. The maximum Gasteiger partial charge on any atom is 0.334 e. The van der Waals surface area contributed by atoms with Gasteiger partial charge in [0.1, 0.15) is 71.9 Å². The number of hydrogen-bond donors (Lipinski definition) is 15. The van der Waals surface area contributed by atoms with Crippen LogP contribution in [0.3, 0.4) is 0 Å². The van der Waals surface area contributed by atoms with Crippen LogP contribution in [0.15, 0.2) is 48.5 Å². The minimum absolute atomic E-state index is 0.00620. The Labute approximate surface area is 614 Å². The van der Waals surface area contributed by atoms with Crippen LogP contribution in [0.1, 0.15) is 207 Å². The number of aliphatic hydroxyl groups is 1. The van der Waals surface area contributed by atoms with Crippen LogP contribution in [0, 0.1) is 17.8 Å². The molecule has 2 aromatic rings. The summed E-state index contributed by atoms with van der Waals surface area (Å²) in [5, 5.41) is 64.0. The highest BCUT2D eigenvalue weighted by Crippen LogP contribution is 2.24. The van der Waals surface area contributed by atoms with Gasteiger partial charge in [-0.25, -0.2) is 4.79 Å². The molecule has 105 heavy (non-hydrogen) atoms. The van der Waals surface area contributed by atoms with Gasteiger partial charge in [-0.05, 0) is 118 Å². The number of aliphatic carboxylic acids is 2. The first-order chi connectivity index (χ1) is 49.8. The Morgan fingerprint density at radius 3 is 1.70 bits per heavy atom. The van der Waals surface area contributed by atoms with Crippen molar-refractivity contribution in [3.63, 3.8) is 0 Å². The second-order valence-electron chi connectivity index (χ2n) is 28.4. The number of nitrogens with two attached hydrogens (primary N) is 2. The van der Waals surface area contributed by atoms with Crippen LogP contribution in [0.25, 0.3) is 0 Å². The highest BCUT2D eigenvalue weighted by atomic mass is 16.5. The fraction of sp³-hybridized carbons (Fsp3) is 0.649. The number of fused-ring (bicyclic) bond motifs is 23. The molecule has 31 nitrogen and oxygen atoms in total. The summed E-state index contributed by atoms with van der Waals surface area (Å²) in [6.45, 7) is 12.0. The molecule has 584 valence electrons. The van der Waals surface area contributed by atoms with E-state index in [0.717, 1.165) is 43.9 Å². The highest BCUT2D eigenvalue weighted by molar-refractivity contribution is 6.00. The van der Waals surface area contributed by atoms with Crippen LogP contribution in [0.4, 0.5) is 0 Å².